The molecule has 2 aliphatic rings. The fourth-order valence-electron chi connectivity index (χ4n) is 2.95. The van der Waals surface area contributed by atoms with E-state index in [0.717, 1.165) is 5.01 Å². The molecule has 1 aromatic carbocycles. The molecule has 1 fully saturated rings. The molecule has 26 heavy (non-hydrogen) atoms. The Morgan fingerprint density at radius 3 is 2.81 bits per heavy atom. The average Bonchev–Trinajstić information content (AvgIpc) is 3.00. The third kappa shape index (κ3) is 3.91. The minimum absolute atomic E-state index is 0.0156. The maximum absolute atomic E-state index is 12.3. The molecule has 136 valence electrons. The first-order valence-electron chi connectivity index (χ1n) is 8.15. The zero-order chi connectivity index (χ0) is 18.7. The topological polar surface area (TPSA) is 117 Å². The van der Waals surface area contributed by atoms with Crippen LogP contribution in [0.2, 0.25) is 0 Å². The Hall–Kier alpha value is -2.73. The number of hydrogen-bond acceptors (Lipinski definition) is 7. The molecule has 0 saturated carbocycles. The number of nitrogens with zero attached hydrogens (tertiary/aromatic N) is 3. The van der Waals surface area contributed by atoms with E-state index in [2.05, 4.69) is 5.10 Å². The van der Waals surface area contributed by atoms with Crippen LogP contribution in [-0.2, 0) is 30.8 Å². The van der Waals surface area contributed by atoms with Crippen molar-refractivity contribution in [2.75, 3.05) is 11.5 Å². The Labute approximate surface area is 151 Å². The summed E-state index contributed by atoms with van der Waals surface area (Å²) in [5.41, 5.74) is 1.08. The van der Waals surface area contributed by atoms with Gasteiger partial charge in [-0.15, -0.1) is 0 Å². The van der Waals surface area contributed by atoms with Gasteiger partial charge in [-0.25, -0.2) is 18.2 Å². The number of benzene rings is 1. The lowest BCUT2D eigenvalue weighted by Gasteiger charge is -2.27. The number of carbonyl (C=O) groups excluding carboxylic acids is 2. The minimum Gasteiger partial charge on any atom is -0.456 e. The fourth-order valence-corrected chi connectivity index (χ4v) is 4.65. The van der Waals surface area contributed by atoms with Gasteiger partial charge in [0, 0.05) is 18.4 Å². The van der Waals surface area contributed by atoms with Gasteiger partial charge in [-0.1, -0.05) is 18.2 Å². The number of hydrazone groups is 1. The number of ether oxygens (including phenoxy) is 1. The van der Waals surface area contributed by atoms with E-state index in [9.17, 15) is 18.0 Å². The second-order valence-corrected chi connectivity index (χ2v) is 8.42. The van der Waals surface area contributed by atoms with E-state index in [0.29, 0.717) is 17.5 Å². The Bertz CT molecular complexity index is 917. The summed E-state index contributed by atoms with van der Waals surface area (Å²) in [6.07, 6.45) is 0.544. The van der Waals surface area contributed by atoms with Gasteiger partial charge in [0.1, 0.15) is 12.3 Å². The van der Waals surface area contributed by atoms with E-state index in [4.69, 9.17) is 10.00 Å². The molecule has 1 atom stereocenters. The molecule has 8 nitrogen and oxygen atoms in total. The minimum atomic E-state index is -3.17. The second-order valence-electron chi connectivity index (χ2n) is 6.19. The van der Waals surface area contributed by atoms with Crippen molar-refractivity contribution < 1.29 is 22.7 Å². The van der Waals surface area contributed by atoms with Crippen LogP contribution in [0, 0.1) is 11.3 Å². The smallest absolute Gasteiger partial charge is 0.354 e. The lowest BCUT2D eigenvalue weighted by molar-refractivity contribution is -0.138. The van der Waals surface area contributed by atoms with E-state index in [1.807, 2.05) is 6.07 Å². The van der Waals surface area contributed by atoms with E-state index in [-0.39, 0.29) is 42.6 Å². The van der Waals surface area contributed by atoms with Crippen LogP contribution >= 0.6 is 0 Å². The predicted molar refractivity (Wildman–Crippen MR) is 91.5 cm³/mol. The van der Waals surface area contributed by atoms with Crippen molar-refractivity contribution in [3.05, 3.63) is 35.4 Å². The quantitative estimate of drug-likeness (QED) is 0.718. The molecular weight excluding hydrogens is 358 g/mol. The number of nitriles is 1. The summed E-state index contributed by atoms with van der Waals surface area (Å²) in [6, 6.07) is 8.26. The lowest BCUT2D eigenvalue weighted by atomic mass is 10.1. The molecule has 0 radical (unpaired) electrons. The normalized spacial score (nSPS) is 21.8. The number of rotatable bonds is 4. The summed E-state index contributed by atoms with van der Waals surface area (Å²) < 4.78 is 28.5. The van der Waals surface area contributed by atoms with Crippen molar-refractivity contribution in [1.29, 1.82) is 5.26 Å². The van der Waals surface area contributed by atoms with Crippen LogP contribution < -0.4 is 0 Å². The van der Waals surface area contributed by atoms with E-state index < -0.39 is 21.8 Å². The zero-order valence-electron chi connectivity index (χ0n) is 13.9. The van der Waals surface area contributed by atoms with Crippen molar-refractivity contribution in [3.8, 4) is 6.07 Å². The van der Waals surface area contributed by atoms with Crippen molar-refractivity contribution in [1.82, 2.24) is 5.01 Å². The summed E-state index contributed by atoms with van der Waals surface area (Å²) >= 11 is 0. The molecule has 2 heterocycles. The lowest BCUT2D eigenvalue weighted by Crippen LogP contribution is -2.42. The first-order chi connectivity index (χ1) is 12.4. The largest absolute Gasteiger partial charge is 0.456 e. The van der Waals surface area contributed by atoms with Gasteiger partial charge in [0.25, 0.3) is 0 Å². The zero-order valence-corrected chi connectivity index (χ0v) is 14.7. The third-order valence-corrected chi connectivity index (χ3v) is 6.10. The Balaban J connectivity index is 1.70. The molecule has 0 N–H and O–H groups in total. The van der Waals surface area contributed by atoms with Crippen LogP contribution in [0.15, 0.2) is 29.4 Å². The van der Waals surface area contributed by atoms with Crippen LogP contribution in [0.3, 0.4) is 0 Å². The van der Waals surface area contributed by atoms with Crippen molar-refractivity contribution in [3.63, 3.8) is 0 Å². The van der Waals surface area contributed by atoms with Crippen molar-refractivity contribution in [2.45, 2.75) is 31.9 Å². The van der Waals surface area contributed by atoms with Gasteiger partial charge in [0.15, 0.2) is 9.84 Å². The monoisotopic (exact) mass is 375 g/mol. The molecule has 0 bridgehead atoms. The van der Waals surface area contributed by atoms with Gasteiger partial charge in [0.05, 0.1) is 29.2 Å². The molecule has 0 unspecified atom stereocenters. The standard InChI is InChI=1S/C17H17N3O5S/c18-9-12-3-1-2-4-13(12)10-25-17(22)15-5-6-16(21)20(19-15)14-7-8-26(23,24)11-14/h1-4,14H,5-8,10-11H2/t14-/m1/s1. The number of hydrogen-bond donors (Lipinski definition) is 0. The number of amides is 1. The molecule has 0 aliphatic carbocycles. The van der Waals surface area contributed by atoms with Crippen LogP contribution in [-0.4, -0.2) is 48.6 Å². The number of sulfone groups is 1. The molecular formula is C17H17N3O5S. The number of carbonyl (C=O) groups is 2. The third-order valence-electron chi connectivity index (χ3n) is 4.35. The van der Waals surface area contributed by atoms with Gasteiger partial charge in [-0.2, -0.15) is 10.4 Å². The maximum atomic E-state index is 12.3. The first kappa shape index (κ1) is 18.1. The fraction of sp³-hybridized carbons (Fsp3) is 0.412. The van der Waals surface area contributed by atoms with Crippen molar-refractivity contribution in [2.24, 2.45) is 5.10 Å². The Morgan fingerprint density at radius 2 is 2.12 bits per heavy atom. The van der Waals surface area contributed by atoms with Gasteiger partial charge in [0.2, 0.25) is 5.91 Å². The van der Waals surface area contributed by atoms with Crippen molar-refractivity contribution >= 4 is 27.4 Å². The van der Waals surface area contributed by atoms with Gasteiger partial charge < -0.3 is 4.74 Å². The molecule has 0 aromatic heterocycles. The van der Waals surface area contributed by atoms with Gasteiger partial charge >= 0.3 is 5.97 Å². The van der Waals surface area contributed by atoms with Gasteiger partial charge in [-0.05, 0) is 12.5 Å². The Kier molecular flexibility index (Phi) is 5.04. The summed E-state index contributed by atoms with van der Waals surface area (Å²) in [5.74, 6) is -1.09. The van der Waals surface area contributed by atoms with Crippen LogP contribution in [0.5, 0.6) is 0 Å². The summed E-state index contributed by atoms with van der Waals surface area (Å²) in [5, 5.41) is 14.2. The predicted octanol–water partition coefficient (Wildman–Crippen LogP) is 0.767. The van der Waals surface area contributed by atoms with E-state index in [1.165, 1.54) is 0 Å². The maximum Gasteiger partial charge on any atom is 0.354 e. The highest BCUT2D eigenvalue weighted by Crippen LogP contribution is 2.22. The second kappa shape index (κ2) is 7.25. The highest BCUT2D eigenvalue weighted by atomic mass is 32.2. The Morgan fingerprint density at radius 1 is 1.35 bits per heavy atom. The molecule has 3 rings (SSSR count). The SMILES string of the molecule is N#Cc1ccccc1COC(=O)C1=NN([C@@H]2CCS(=O)(=O)C2)C(=O)CC1. The highest BCUT2D eigenvalue weighted by Gasteiger charge is 2.37. The molecule has 0 spiro atoms. The van der Waals surface area contributed by atoms with Gasteiger partial charge in [-0.3, -0.25) is 4.79 Å². The molecule has 1 aromatic rings. The molecule has 9 heteroatoms. The molecule has 1 saturated heterocycles. The van der Waals surface area contributed by atoms with Crippen LogP contribution in [0.25, 0.3) is 0 Å². The summed E-state index contributed by atoms with van der Waals surface area (Å²) in [6.45, 7) is -0.0761. The average molecular weight is 375 g/mol. The van der Waals surface area contributed by atoms with E-state index >= 15 is 0 Å². The molecule has 1 amide bonds. The van der Waals surface area contributed by atoms with Crippen LogP contribution in [0.4, 0.5) is 0 Å². The number of esters is 1. The summed E-state index contributed by atoms with van der Waals surface area (Å²) in [4.78, 5) is 24.3. The summed E-state index contributed by atoms with van der Waals surface area (Å²) in [7, 11) is -3.17. The molecule has 2 aliphatic heterocycles. The highest BCUT2D eigenvalue weighted by molar-refractivity contribution is 7.91. The van der Waals surface area contributed by atoms with E-state index in [1.54, 1.807) is 24.3 Å². The van der Waals surface area contributed by atoms with Crippen LogP contribution in [0.1, 0.15) is 30.4 Å². The first-order valence-corrected chi connectivity index (χ1v) is 9.97.